The Bertz CT molecular complexity index is 495. The first-order valence-corrected chi connectivity index (χ1v) is 7.19. The molecule has 1 aromatic heterocycles. The second-order valence-electron chi connectivity index (χ2n) is 5.70. The normalized spacial score (nSPS) is 18.9. The van der Waals surface area contributed by atoms with Crippen LogP contribution in [-0.2, 0) is 0 Å². The van der Waals surface area contributed by atoms with Crippen LogP contribution in [0.15, 0.2) is 6.07 Å². The number of nitrogens with two attached hydrogens (primary N) is 1. The van der Waals surface area contributed by atoms with Crippen LogP contribution in [0.25, 0.3) is 0 Å². The third-order valence-electron chi connectivity index (χ3n) is 3.90. The first-order valence-electron chi connectivity index (χ1n) is 7.19. The van der Waals surface area contributed by atoms with Gasteiger partial charge in [0.15, 0.2) is 0 Å². The highest BCUT2D eigenvalue weighted by Crippen LogP contribution is 2.24. The lowest BCUT2D eigenvalue weighted by Crippen LogP contribution is -2.37. The predicted molar refractivity (Wildman–Crippen MR) is 81.1 cm³/mol. The highest BCUT2D eigenvalue weighted by atomic mass is 16.1. The van der Waals surface area contributed by atoms with Crippen molar-refractivity contribution in [3.63, 3.8) is 0 Å². The molecule has 1 aliphatic heterocycles. The Morgan fingerprint density at radius 1 is 1.55 bits per heavy atom. The van der Waals surface area contributed by atoms with Crippen LogP contribution in [0, 0.1) is 19.8 Å². The van der Waals surface area contributed by atoms with Crippen LogP contribution in [0.3, 0.4) is 0 Å². The fourth-order valence-electron chi connectivity index (χ4n) is 2.98. The lowest BCUT2D eigenvalue weighted by molar-refractivity contribution is 0.0999. The van der Waals surface area contributed by atoms with Crippen LogP contribution in [0.4, 0.5) is 5.69 Å². The maximum absolute atomic E-state index is 11.7. The lowest BCUT2D eigenvalue weighted by atomic mass is 9.98. The van der Waals surface area contributed by atoms with E-state index in [4.69, 9.17) is 5.73 Å². The fourth-order valence-corrected chi connectivity index (χ4v) is 2.98. The number of amides is 1. The number of aryl methyl sites for hydroxylation is 2. The van der Waals surface area contributed by atoms with Crippen LogP contribution < -0.4 is 16.0 Å². The Kier molecular flexibility index (Phi) is 4.60. The largest absolute Gasteiger partial charge is 0.374 e. The molecule has 20 heavy (non-hydrogen) atoms. The molecule has 1 atom stereocenters. The molecule has 1 aliphatic rings. The summed E-state index contributed by atoms with van der Waals surface area (Å²) in [6.07, 6.45) is 2.45. The topological polar surface area (TPSA) is 71.2 Å². The summed E-state index contributed by atoms with van der Waals surface area (Å²) in [5.41, 5.74) is 8.58. The minimum atomic E-state index is -0.404. The summed E-state index contributed by atoms with van der Waals surface area (Å²) in [5, 5.41) is 3.42. The third-order valence-corrected chi connectivity index (χ3v) is 3.90. The molecule has 1 fully saturated rings. The van der Waals surface area contributed by atoms with E-state index in [1.807, 2.05) is 27.0 Å². The quantitative estimate of drug-likeness (QED) is 0.868. The zero-order valence-electron chi connectivity index (χ0n) is 12.6. The summed E-state index contributed by atoms with van der Waals surface area (Å²) in [7, 11) is 2.02. The summed E-state index contributed by atoms with van der Waals surface area (Å²) >= 11 is 0. The van der Waals surface area contributed by atoms with Crippen LogP contribution in [-0.4, -0.2) is 37.6 Å². The fraction of sp³-hybridized carbons (Fsp3) is 0.600. The van der Waals surface area contributed by atoms with Crippen LogP contribution in [0.2, 0.25) is 0 Å². The minimum absolute atomic E-state index is 0.404. The molecule has 3 N–H and O–H groups in total. The summed E-state index contributed by atoms with van der Waals surface area (Å²) < 4.78 is 0. The second kappa shape index (κ2) is 6.22. The lowest BCUT2D eigenvalue weighted by Gasteiger charge is -2.30. The van der Waals surface area contributed by atoms with Crippen molar-refractivity contribution in [2.24, 2.45) is 11.7 Å². The van der Waals surface area contributed by atoms with Crippen molar-refractivity contribution in [3.05, 3.63) is 23.0 Å². The van der Waals surface area contributed by atoms with E-state index in [-0.39, 0.29) is 0 Å². The minimum Gasteiger partial charge on any atom is -0.374 e. The number of pyridine rings is 1. The van der Waals surface area contributed by atoms with E-state index < -0.39 is 5.91 Å². The second-order valence-corrected chi connectivity index (χ2v) is 5.70. The van der Waals surface area contributed by atoms with Gasteiger partial charge in [-0.2, -0.15) is 0 Å². The van der Waals surface area contributed by atoms with Crippen LogP contribution in [0.1, 0.15) is 34.6 Å². The van der Waals surface area contributed by atoms with Gasteiger partial charge < -0.3 is 16.0 Å². The summed E-state index contributed by atoms with van der Waals surface area (Å²) in [5.74, 6) is 0.210. The van der Waals surface area contributed by atoms with Gasteiger partial charge in [-0.1, -0.05) is 0 Å². The Hall–Kier alpha value is -1.62. The van der Waals surface area contributed by atoms with Gasteiger partial charge in [-0.05, 0) is 51.8 Å². The molecule has 0 aliphatic carbocycles. The first-order chi connectivity index (χ1) is 9.49. The van der Waals surface area contributed by atoms with Gasteiger partial charge >= 0.3 is 0 Å². The number of rotatable bonds is 4. The molecule has 0 aromatic carbocycles. The summed E-state index contributed by atoms with van der Waals surface area (Å²) in [6.45, 7) is 6.86. The van der Waals surface area contributed by atoms with Crippen molar-refractivity contribution in [2.45, 2.75) is 26.7 Å². The van der Waals surface area contributed by atoms with Crippen molar-refractivity contribution in [2.75, 3.05) is 31.6 Å². The predicted octanol–water partition coefficient (Wildman–Crippen LogP) is 1.23. The van der Waals surface area contributed by atoms with E-state index in [9.17, 15) is 4.79 Å². The Morgan fingerprint density at radius 3 is 2.90 bits per heavy atom. The smallest absolute Gasteiger partial charge is 0.252 e. The number of carbonyl (C=O) groups excluding carboxylic acids is 1. The maximum atomic E-state index is 11.7. The van der Waals surface area contributed by atoms with Crippen molar-refractivity contribution in [1.29, 1.82) is 0 Å². The molecule has 2 heterocycles. The molecule has 2 rings (SSSR count). The zero-order valence-corrected chi connectivity index (χ0v) is 12.6. The van der Waals surface area contributed by atoms with Crippen molar-refractivity contribution < 1.29 is 4.79 Å². The molecule has 0 spiro atoms. The molecule has 1 aromatic rings. The standard InChI is InChI=1S/C15H24N4O/c1-10-7-13(14(15(16)20)11(2)18-10)19(3)9-12-5-4-6-17-8-12/h7,12,17H,4-6,8-9H2,1-3H3,(H2,16,20). The first kappa shape index (κ1) is 14.8. The molecular formula is C15H24N4O. The highest BCUT2D eigenvalue weighted by Gasteiger charge is 2.20. The number of piperidine rings is 1. The van der Waals surface area contributed by atoms with Gasteiger partial charge in [0.1, 0.15) is 0 Å². The number of nitrogens with one attached hydrogen (secondary N) is 1. The number of nitrogens with zero attached hydrogens (tertiary/aromatic N) is 2. The molecular weight excluding hydrogens is 252 g/mol. The van der Waals surface area contributed by atoms with Gasteiger partial charge in [-0.3, -0.25) is 9.78 Å². The molecule has 5 nitrogen and oxygen atoms in total. The van der Waals surface area contributed by atoms with Crippen LogP contribution >= 0.6 is 0 Å². The Balaban J connectivity index is 2.23. The summed E-state index contributed by atoms with van der Waals surface area (Å²) in [4.78, 5) is 18.2. The Labute approximate surface area is 120 Å². The molecule has 5 heteroatoms. The Morgan fingerprint density at radius 2 is 2.30 bits per heavy atom. The number of hydrogen-bond acceptors (Lipinski definition) is 4. The van der Waals surface area contributed by atoms with Gasteiger partial charge in [0, 0.05) is 19.3 Å². The maximum Gasteiger partial charge on any atom is 0.252 e. The van der Waals surface area contributed by atoms with Crippen molar-refractivity contribution >= 4 is 11.6 Å². The van der Waals surface area contributed by atoms with Crippen LogP contribution in [0.5, 0.6) is 0 Å². The number of primary amides is 1. The highest BCUT2D eigenvalue weighted by molar-refractivity contribution is 5.99. The van der Waals surface area contributed by atoms with E-state index in [2.05, 4.69) is 15.2 Å². The van der Waals surface area contributed by atoms with E-state index in [0.717, 1.165) is 31.0 Å². The molecule has 0 bridgehead atoms. The van der Waals surface area contributed by atoms with E-state index in [1.54, 1.807) is 0 Å². The molecule has 110 valence electrons. The van der Waals surface area contributed by atoms with Crippen molar-refractivity contribution in [1.82, 2.24) is 10.3 Å². The number of anilines is 1. The zero-order chi connectivity index (χ0) is 14.7. The molecule has 0 radical (unpaired) electrons. The average molecular weight is 276 g/mol. The SMILES string of the molecule is Cc1cc(N(C)CC2CCCNC2)c(C(N)=O)c(C)n1. The monoisotopic (exact) mass is 276 g/mol. The third kappa shape index (κ3) is 3.28. The number of hydrogen-bond donors (Lipinski definition) is 2. The van der Waals surface area contributed by atoms with Crippen molar-refractivity contribution in [3.8, 4) is 0 Å². The summed E-state index contributed by atoms with van der Waals surface area (Å²) in [6, 6.07) is 1.95. The number of carbonyl (C=O) groups is 1. The average Bonchev–Trinajstić information content (AvgIpc) is 2.38. The van der Waals surface area contributed by atoms with Gasteiger partial charge in [-0.15, -0.1) is 0 Å². The van der Waals surface area contributed by atoms with Gasteiger partial charge in [-0.25, -0.2) is 0 Å². The molecule has 0 saturated carbocycles. The molecule has 1 amide bonds. The van der Waals surface area contributed by atoms with Gasteiger partial charge in [0.2, 0.25) is 0 Å². The molecule has 1 saturated heterocycles. The van der Waals surface area contributed by atoms with E-state index in [1.165, 1.54) is 12.8 Å². The van der Waals surface area contributed by atoms with E-state index in [0.29, 0.717) is 17.2 Å². The van der Waals surface area contributed by atoms with Gasteiger partial charge in [0.25, 0.3) is 5.91 Å². The van der Waals surface area contributed by atoms with E-state index >= 15 is 0 Å². The molecule has 1 unspecified atom stereocenters. The van der Waals surface area contributed by atoms with Gasteiger partial charge in [0.05, 0.1) is 16.9 Å². The number of aromatic nitrogens is 1.